The number of hydrogen-bond acceptors (Lipinski definition) is 4. The molecule has 4 heteroatoms. The molecule has 6 rings (SSSR count). The molecule has 3 aliphatic carbocycles. The van der Waals surface area contributed by atoms with Gasteiger partial charge < -0.3 is 19.7 Å². The molecule has 2 N–H and O–H groups in total. The highest BCUT2D eigenvalue weighted by molar-refractivity contribution is 5.43. The van der Waals surface area contributed by atoms with Gasteiger partial charge in [0.2, 0.25) is 0 Å². The fourth-order valence-corrected chi connectivity index (χ4v) is 9.32. The Morgan fingerprint density at radius 2 is 1.70 bits per heavy atom. The second-order valence-corrected chi connectivity index (χ2v) is 11.9. The van der Waals surface area contributed by atoms with Crippen molar-refractivity contribution < 1.29 is 19.7 Å². The third kappa shape index (κ3) is 2.25. The SMILES string of the molecule is C[C@@]12CCC[C@@]3(CO[C@@H]1O)[C@H]2CC[C@]1(C)[C@@H]3CC[C@]2(C)Oc3ccc(O)cc3C[C@@H]12. The van der Waals surface area contributed by atoms with E-state index >= 15 is 0 Å². The molecule has 1 saturated heterocycles. The first-order chi connectivity index (χ1) is 14.2. The fraction of sp³-hybridized carbons (Fsp3) is 0.769. The van der Waals surface area contributed by atoms with Gasteiger partial charge in [-0.25, -0.2) is 0 Å². The van der Waals surface area contributed by atoms with E-state index < -0.39 is 6.29 Å². The molecule has 1 aromatic rings. The largest absolute Gasteiger partial charge is 0.508 e. The Labute approximate surface area is 180 Å². The van der Waals surface area contributed by atoms with E-state index in [1.54, 1.807) is 6.07 Å². The van der Waals surface area contributed by atoms with Gasteiger partial charge in [0, 0.05) is 16.7 Å². The van der Waals surface area contributed by atoms with Gasteiger partial charge in [-0.2, -0.15) is 0 Å². The van der Waals surface area contributed by atoms with Gasteiger partial charge in [0.25, 0.3) is 0 Å². The van der Waals surface area contributed by atoms with Crippen LogP contribution in [0.5, 0.6) is 11.5 Å². The number of hydrogen-bond donors (Lipinski definition) is 2. The zero-order chi connectivity index (χ0) is 20.9. The maximum Gasteiger partial charge on any atom is 0.160 e. The first kappa shape index (κ1) is 19.4. The molecule has 0 radical (unpaired) electrons. The molecule has 0 unspecified atom stereocenters. The molecule has 4 fully saturated rings. The average molecular weight is 413 g/mol. The van der Waals surface area contributed by atoms with E-state index in [0.717, 1.165) is 37.2 Å². The van der Waals surface area contributed by atoms with Crippen molar-refractivity contribution >= 4 is 0 Å². The van der Waals surface area contributed by atoms with Crippen LogP contribution >= 0.6 is 0 Å². The molecule has 30 heavy (non-hydrogen) atoms. The summed E-state index contributed by atoms with van der Waals surface area (Å²) in [5.74, 6) is 2.89. The van der Waals surface area contributed by atoms with Crippen LogP contribution in [0.3, 0.4) is 0 Å². The average Bonchev–Trinajstić information content (AvgIpc) is 2.70. The van der Waals surface area contributed by atoms with Gasteiger partial charge in [-0.3, -0.25) is 0 Å². The summed E-state index contributed by atoms with van der Waals surface area (Å²) < 4.78 is 12.8. The summed E-state index contributed by atoms with van der Waals surface area (Å²) in [6, 6.07) is 5.59. The lowest BCUT2D eigenvalue weighted by Crippen LogP contribution is -2.69. The highest BCUT2D eigenvalue weighted by atomic mass is 16.6. The van der Waals surface area contributed by atoms with Crippen LogP contribution in [0.2, 0.25) is 0 Å². The van der Waals surface area contributed by atoms with Crippen molar-refractivity contribution in [3.05, 3.63) is 23.8 Å². The number of phenols is 1. The minimum absolute atomic E-state index is 0.0972. The molecule has 4 nitrogen and oxygen atoms in total. The zero-order valence-electron chi connectivity index (χ0n) is 18.6. The quantitative estimate of drug-likeness (QED) is 0.626. The van der Waals surface area contributed by atoms with Crippen molar-refractivity contribution in [3.63, 3.8) is 0 Å². The molecule has 2 aliphatic heterocycles. The van der Waals surface area contributed by atoms with Crippen molar-refractivity contribution in [3.8, 4) is 11.5 Å². The number of fused-ring (bicyclic) bond motifs is 4. The van der Waals surface area contributed by atoms with Crippen molar-refractivity contribution in [2.75, 3.05) is 6.61 Å². The van der Waals surface area contributed by atoms with E-state index in [-0.39, 0.29) is 21.8 Å². The number of ether oxygens (including phenoxy) is 2. The van der Waals surface area contributed by atoms with Crippen LogP contribution in [0.25, 0.3) is 0 Å². The van der Waals surface area contributed by atoms with E-state index in [1.807, 2.05) is 12.1 Å². The van der Waals surface area contributed by atoms with Gasteiger partial charge in [0.1, 0.15) is 17.1 Å². The van der Waals surface area contributed by atoms with Crippen LogP contribution in [-0.2, 0) is 11.2 Å². The second-order valence-electron chi connectivity index (χ2n) is 11.9. The van der Waals surface area contributed by atoms with Crippen molar-refractivity contribution in [2.45, 2.75) is 84.0 Å². The van der Waals surface area contributed by atoms with Gasteiger partial charge in [0.15, 0.2) is 6.29 Å². The van der Waals surface area contributed by atoms with Crippen LogP contribution < -0.4 is 4.74 Å². The van der Waals surface area contributed by atoms with Crippen LogP contribution in [0, 0.1) is 34.0 Å². The number of rotatable bonds is 0. The molecule has 164 valence electrons. The minimum Gasteiger partial charge on any atom is -0.508 e. The molecule has 0 spiro atoms. The highest BCUT2D eigenvalue weighted by Crippen LogP contribution is 2.72. The van der Waals surface area contributed by atoms with Crippen LogP contribution in [0.4, 0.5) is 0 Å². The van der Waals surface area contributed by atoms with E-state index in [1.165, 1.54) is 32.1 Å². The number of phenolic OH excluding ortho intramolecular Hbond substituents is 1. The Morgan fingerprint density at radius 1 is 0.933 bits per heavy atom. The lowest BCUT2D eigenvalue weighted by Gasteiger charge is -2.71. The first-order valence-electron chi connectivity index (χ1n) is 12.0. The molecule has 2 heterocycles. The molecular formula is C26H36O4. The normalized spacial score (nSPS) is 51.6. The predicted octanol–water partition coefficient (Wildman–Crippen LogP) is 5.05. The van der Waals surface area contributed by atoms with E-state index in [4.69, 9.17) is 9.47 Å². The molecule has 0 amide bonds. The highest BCUT2D eigenvalue weighted by Gasteiger charge is 2.70. The lowest BCUT2D eigenvalue weighted by atomic mass is 9.36. The molecule has 1 aromatic carbocycles. The van der Waals surface area contributed by atoms with Gasteiger partial charge >= 0.3 is 0 Å². The van der Waals surface area contributed by atoms with Crippen LogP contribution in [0.1, 0.15) is 71.3 Å². The Morgan fingerprint density at radius 3 is 2.53 bits per heavy atom. The summed E-state index contributed by atoms with van der Waals surface area (Å²) in [6.45, 7) is 7.85. The lowest BCUT2D eigenvalue weighted by molar-refractivity contribution is -0.327. The van der Waals surface area contributed by atoms with Crippen molar-refractivity contribution in [1.82, 2.24) is 0 Å². The smallest absolute Gasteiger partial charge is 0.160 e. The summed E-state index contributed by atoms with van der Waals surface area (Å²) in [5.41, 5.74) is 1.30. The molecule has 0 aromatic heterocycles. The minimum atomic E-state index is -0.609. The molecular weight excluding hydrogens is 376 g/mol. The Bertz CT molecular complexity index is 884. The molecule has 8 atom stereocenters. The summed E-state index contributed by atoms with van der Waals surface area (Å²) in [5, 5.41) is 20.8. The maximum absolute atomic E-state index is 10.8. The second kappa shape index (κ2) is 5.95. The van der Waals surface area contributed by atoms with Crippen LogP contribution in [0.15, 0.2) is 18.2 Å². The summed E-state index contributed by atoms with van der Waals surface area (Å²) >= 11 is 0. The summed E-state index contributed by atoms with van der Waals surface area (Å²) in [7, 11) is 0. The maximum atomic E-state index is 10.8. The van der Waals surface area contributed by atoms with Gasteiger partial charge in [-0.05, 0) is 92.9 Å². The third-order valence-electron chi connectivity index (χ3n) is 10.7. The molecule has 3 saturated carbocycles. The number of aliphatic hydroxyl groups excluding tert-OH is 1. The van der Waals surface area contributed by atoms with E-state index in [2.05, 4.69) is 20.8 Å². The van der Waals surface area contributed by atoms with E-state index in [9.17, 15) is 10.2 Å². The van der Waals surface area contributed by atoms with Crippen LogP contribution in [-0.4, -0.2) is 28.7 Å². The Kier molecular flexibility index (Phi) is 3.85. The standard InChI is InChI=1S/C26H36O4/c1-23-11-7-20-24(2)9-4-10-26(20,15-29-22(24)28)19(23)8-12-25(3)21(23)14-16-13-17(27)5-6-18(16)30-25/h5-6,13,19-22,27-28H,4,7-12,14-15H2,1-3H3/t19-,20-,21-,22-,23+,24-,25-,26-/m0/s1. The number of benzene rings is 1. The molecule has 2 bridgehead atoms. The third-order valence-corrected chi connectivity index (χ3v) is 10.7. The Hall–Kier alpha value is -1.26. The summed E-state index contributed by atoms with van der Waals surface area (Å²) in [6.07, 6.45) is 8.54. The monoisotopic (exact) mass is 412 g/mol. The number of aliphatic hydroxyl groups is 1. The van der Waals surface area contributed by atoms with Gasteiger partial charge in [0.05, 0.1) is 6.61 Å². The first-order valence-corrected chi connectivity index (χ1v) is 12.0. The zero-order valence-corrected chi connectivity index (χ0v) is 18.6. The van der Waals surface area contributed by atoms with Gasteiger partial charge in [-0.15, -0.1) is 0 Å². The van der Waals surface area contributed by atoms with Gasteiger partial charge in [-0.1, -0.05) is 20.3 Å². The fourth-order valence-electron chi connectivity index (χ4n) is 9.32. The van der Waals surface area contributed by atoms with Crippen molar-refractivity contribution in [2.24, 2.45) is 34.0 Å². The topological polar surface area (TPSA) is 58.9 Å². The summed E-state index contributed by atoms with van der Waals surface area (Å²) in [4.78, 5) is 0. The Balaban J connectivity index is 1.42. The van der Waals surface area contributed by atoms with Crippen molar-refractivity contribution in [1.29, 1.82) is 0 Å². The van der Waals surface area contributed by atoms with E-state index in [0.29, 0.717) is 23.5 Å². The molecule has 5 aliphatic rings. The number of aromatic hydroxyl groups is 1. The predicted molar refractivity (Wildman–Crippen MR) is 114 cm³/mol.